The first kappa shape index (κ1) is 17.9. The van der Waals surface area contributed by atoms with Gasteiger partial charge in [-0.3, -0.25) is 9.59 Å². The summed E-state index contributed by atoms with van der Waals surface area (Å²) in [6.45, 7) is 6.07. The van der Waals surface area contributed by atoms with E-state index in [0.29, 0.717) is 17.5 Å². The largest absolute Gasteiger partial charge is 0.455 e. The van der Waals surface area contributed by atoms with E-state index >= 15 is 0 Å². The van der Waals surface area contributed by atoms with Crippen molar-refractivity contribution in [3.05, 3.63) is 29.3 Å². The number of nitrogens with one attached hydrogen (secondary N) is 1. The van der Waals surface area contributed by atoms with E-state index in [1.807, 2.05) is 26.0 Å². The van der Waals surface area contributed by atoms with E-state index in [-0.39, 0.29) is 17.8 Å². The molecular weight excluding hydrogens is 310 g/mol. The monoisotopic (exact) mass is 329 g/mol. The number of esters is 1. The molecule has 4 nitrogen and oxygen atoms in total. The maximum absolute atomic E-state index is 11.8. The number of thioether (sulfide) groups is 1. The van der Waals surface area contributed by atoms with Gasteiger partial charge in [0, 0.05) is 16.5 Å². The second kappa shape index (κ2) is 8.95. The van der Waals surface area contributed by atoms with E-state index in [1.54, 1.807) is 19.1 Å². The Kier molecular flexibility index (Phi) is 7.61. The molecule has 0 radical (unpaired) electrons. The first-order valence-corrected chi connectivity index (χ1v) is 7.99. The number of amides is 1. The summed E-state index contributed by atoms with van der Waals surface area (Å²) in [6, 6.07) is 7.21. The lowest BCUT2D eigenvalue weighted by Gasteiger charge is -2.12. The van der Waals surface area contributed by atoms with Crippen molar-refractivity contribution >= 4 is 35.2 Å². The summed E-state index contributed by atoms with van der Waals surface area (Å²) in [5, 5.41) is 2.96. The SMILES string of the molecule is CC(C)CNC(=O)COC(=O)[C@H](C)Sc1ccc(Cl)cc1. The van der Waals surface area contributed by atoms with Gasteiger partial charge in [-0.25, -0.2) is 0 Å². The van der Waals surface area contributed by atoms with Crippen LogP contribution in [-0.2, 0) is 14.3 Å². The van der Waals surface area contributed by atoms with Gasteiger partial charge in [0.15, 0.2) is 6.61 Å². The number of ether oxygens (including phenoxy) is 1. The molecule has 1 rings (SSSR count). The number of carbonyl (C=O) groups is 2. The second-order valence-electron chi connectivity index (χ2n) is 5.02. The lowest BCUT2D eigenvalue weighted by molar-refractivity contribution is -0.147. The van der Waals surface area contributed by atoms with Crippen LogP contribution in [0.4, 0.5) is 0 Å². The standard InChI is InChI=1S/C15H20ClNO3S/c1-10(2)8-17-14(18)9-20-15(19)11(3)21-13-6-4-12(16)5-7-13/h4-7,10-11H,8-9H2,1-3H3,(H,17,18)/t11-/m0/s1. The summed E-state index contributed by atoms with van der Waals surface area (Å²) in [5.41, 5.74) is 0. The van der Waals surface area contributed by atoms with Gasteiger partial charge in [-0.15, -0.1) is 11.8 Å². The molecule has 21 heavy (non-hydrogen) atoms. The van der Waals surface area contributed by atoms with Crippen LogP contribution in [0.15, 0.2) is 29.2 Å². The number of carbonyl (C=O) groups excluding carboxylic acids is 2. The Bertz CT molecular complexity index is 476. The molecule has 1 aromatic carbocycles. The summed E-state index contributed by atoms with van der Waals surface area (Å²) < 4.78 is 5.00. The minimum atomic E-state index is -0.408. The molecule has 0 aromatic heterocycles. The fraction of sp³-hybridized carbons (Fsp3) is 0.467. The van der Waals surface area contributed by atoms with Gasteiger partial charge in [0.1, 0.15) is 5.25 Å². The van der Waals surface area contributed by atoms with Crippen molar-refractivity contribution in [3.63, 3.8) is 0 Å². The van der Waals surface area contributed by atoms with Crippen LogP contribution in [0, 0.1) is 5.92 Å². The van der Waals surface area contributed by atoms with Crippen LogP contribution in [0.2, 0.25) is 5.02 Å². The molecule has 0 unspecified atom stereocenters. The van der Waals surface area contributed by atoms with Crippen molar-refractivity contribution in [1.29, 1.82) is 0 Å². The smallest absolute Gasteiger partial charge is 0.319 e. The van der Waals surface area contributed by atoms with Gasteiger partial charge in [0.2, 0.25) is 0 Å². The van der Waals surface area contributed by atoms with Gasteiger partial charge in [-0.2, -0.15) is 0 Å². The third-order valence-electron chi connectivity index (χ3n) is 2.51. The summed E-state index contributed by atoms with van der Waals surface area (Å²) in [5.74, 6) is -0.320. The molecule has 0 bridgehead atoms. The van der Waals surface area contributed by atoms with Crippen LogP contribution in [-0.4, -0.2) is 30.3 Å². The van der Waals surface area contributed by atoms with Crippen LogP contribution in [0.1, 0.15) is 20.8 Å². The van der Waals surface area contributed by atoms with Crippen molar-refractivity contribution in [2.45, 2.75) is 30.9 Å². The predicted molar refractivity (Wildman–Crippen MR) is 85.6 cm³/mol. The Morgan fingerprint density at radius 1 is 1.24 bits per heavy atom. The highest BCUT2D eigenvalue weighted by Gasteiger charge is 2.17. The van der Waals surface area contributed by atoms with Crippen LogP contribution in [0.25, 0.3) is 0 Å². The first-order valence-electron chi connectivity index (χ1n) is 6.74. The molecule has 0 fully saturated rings. The number of halogens is 1. The summed E-state index contributed by atoms with van der Waals surface area (Å²) >= 11 is 7.17. The summed E-state index contributed by atoms with van der Waals surface area (Å²) in [4.78, 5) is 24.2. The van der Waals surface area contributed by atoms with Gasteiger partial charge in [0.25, 0.3) is 5.91 Å². The first-order chi connectivity index (χ1) is 9.88. The van der Waals surface area contributed by atoms with Gasteiger partial charge in [-0.1, -0.05) is 25.4 Å². The molecule has 1 N–H and O–H groups in total. The van der Waals surface area contributed by atoms with Gasteiger partial charge < -0.3 is 10.1 Å². The molecule has 1 amide bonds. The van der Waals surface area contributed by atoms with Crippen LogP contribution in [0.3, 0.4) is 0 Å². The molecule has 1 aromatic rings. The molecule has 6 heteroatoms. The lowest BCUT2D eigenvalue weighted by Crippen LogP contribution is -2.32. The highest BCUT2D eigenvalue weighted by atomic mass is 35.5. The average Bonchev–Trinajstić information content (AvgIpc) is 2.44. The fourth-order valence-corrected chi connectivity index (χ4v) is 2.38. The second-order valence-corrected chi connectivity index (χ2v) is 6.87. The molecule has 0 aliphatic rings. The molecule has 0 aliphatic carbocycles. The van der Waals surface area contributed by atoms with Crippen molar-refractivity contribution in [1.82, 2.24) is 5.32 Å². The Labute approximate surface area is 134 Å². The van der Waals surface area contributed by atoms with Gasteiger partial charge in [0.05, 0.1) is 0 Å². The van der Waals surface area contributed by atoms with E-state index < -0.39 is 5.97 Å². The molecule has 0 heterocycles. The number of hydrogen-bond donors (Lipinski definition) is 1. The zero-order chi connectivity index (χ0) is 15.8. The highest BCUT2D eigenvalue weighted by molar-refractivity contribution is 8.00. The maximum Gasteiger partial charge on any atom is 0.319 e. The maximum atomic E-state index is 11.8. The third kappa shape index (κ3) is 7.39. The van der Waals surface area contributed by atoms with Crippen molar-refractivity contribution in [3.8, 4) is 0 Å². The van der Waals surface area contributed by atoms with Crippen LogP contribution in [0.5, 0.6) is 0 Å². The average molecular weight is 330 g/mol. The summed E-state index contributed by atoms with van der Waals surface area (Å²) in [6.07, 6.45) is 0. The minimum absolute atomic E-state index is 0.239. The van der Waals surface area contributed by atoms with Crippen molar-refractivity contribution in [2.75, 3.05) is 13.2 Å². The Balaban J connectivity index is 2.34. The Hall–Kier alpha value is -1.20. The van der Waals surface area contributed by atoms with Gasteiger partial charge in [-0.05, 0) is 37.1 Å². The zero-order valence-corrected chi connectivity index (χ0v) is 14.0. The normalized spacial score (nSPS) is 12.0. The molecule has 0 saturated carbocycles. The third-order valence-corrected chi connectivity index (χ3v) is 3.85. The summed E-state index contributed by atoms with van der Waals surface area (Å²) in [7, 11) is 0. The lowest BCUT2D eigenvalue weighted by atomic mass is 10.2. The predicted octanol–water partition coefficient (Wildman–Crippen LogP) is 3.14. The number of hydrogen-bond acceptors (Lipinski definition) is 4. The van der Waals surface area contributed by atoms with Crippen LogP contribution < -0.4 is 5.32 Å². The van der Waals surface area contributed by atoms with Crippen molar-refractivity contribution < 1.29 is 14.3 Å². The number of benzene rings is 1. The Morgan fingerprint density at radius 3 is 2.43 bits per heavy atom. The van der Waals surface area contributed by atoms with Gasteiger partial charge >= 0.3 is 5.97 Å². The van der Waals surface area contributed by atoms with Crippen molar-refractivity contribution in [2.24, 2.45) is 5.92 Å². The molecular formula is C15H20ClNO3S. The zero-order valence-electron chi connectivity index (χ0n) is 12.4. The fourth-order valence-electron chi connectivity index (χ4n) is 1.39. The molecule has 0 saturated heterocycles. The van der Waals surface area contributed by atoms with E-state index in [1.165, 1.54) is 11.8 Å². The Morgan fingerprint density at radius 2 is 1.86 bits per heavy atom. The minimum Gasteiger partial charge on any atom is -0.455 e. The molecule has 116 valence electrons. The quantitative estimate of drug-likeness (QED) is 0.617. The molecule has 0 spiro atoms. The highest BCUT2D eigenvalue weighted by Crippen LogP contribution is 2.25. The number of rotatable bonds is 7. The van der Waals surface area contributed by atoms with Crippen LogP contribution >= 0.6 is 23.4 Å². The topological polar surface area (TPSA) is 55.4 Å². The molecule has 1 atom stereocenters. The molecule has 0 aliphatic heterocycles. The van der Waals surface area contributed by atoms with E-state index in [2.05, 4.69) is 5.32 Å². The van der Waals surface area contributed by atoms with E-state index in [4.69, 9.17) is 16.3 Å². The van der Waals surface area contributed by atoms with E-state index in [0.717, 1.165) is 4.90 Å². The van der Waals surface area contributed by atoms with E-state index in [9.17, 15) is 9.59 Å².